The van der Waals surface area contributed by atoms with Gasteiger partial charge in [-0.15, -0.1) is 0 Å². The highest BCUT2D eigenvalue weighted by Crippen LogP contribution is 2.33. The number of nitrogens with one attached hydrogen (secondary N) is 2. The molecule has 232 valence electrons. The van der Waals surface area contributed by atoms with Crippen LogP contribution in [0.3, 0.4) is 0 Å². The van der Waals surface area contributed by atoms with Gasteiger partial charge < -0.3 is 4.90 Å². The van der Waals surface area contributed by atoms with E-state index in [0.717, 1.165) is 16.7 Å². The molecule has 0 radical (unpaired) electrons. The molecule has 44 heavy (non-hydrogen) atoms. The third-order valence-corrected chi connectivity index (χ3v) is 12.1. The molecule has 0 bridgehead atoms. The average molecular weight is 655 g/mol. The van der Waals surface area contributed by atoms with Crippen LogP contribution in [-0.4, -0.2) is 55.7 Å². The second-order valence-electron chi connectivity index (χ2n) is 10.8. The SMILES string of the molecule is Cc1ccc(S(=O)(=O)Nc2ccc(N3CCN(S(=O)(=O)c4ccc(C)cc4)CC3)cc2NS(=O)(=O)c2ccc(C)cc2)cc1. The van der Waals surface area contributed by atoms with Gasteiger partial charge in [0.15, 0.2) is 0 Å². The standard InChI is InChI=1S/C31H34N4O6S3/c1-23-4-11-27(12-5-23)42(36,37)32-30-17-10-26(22-31(30)33-43(38,39)28-13-6-24(2)7-14-28)34-18-20-35(21-19-34)44(40,41)29-15-8-25(3)9-16-29/h4-17,22,32-33H,18-21H2,1-3H3. The minimum absolute atomic E-state index is 0.0239. The molecule has 1 aliphatic heterocycles. The number of benzene rings is 4. The monoisotopic (exact) mass is 654 g/mol. The first-order chi connectivity index (χ1) is 20.7. The van der Waals surface area contributed by atoms with Crippen molar-refractivity contribution in [2.75, 3.05) is 40.5 Å². The smallest absolute Gasteiger partial charge is 0.261 e. The van der Waals surface area contributed by atoms with Gasteiger partial charge in [-0.3, -0.25) is 9.44 Å². The molecule has 5 rings (SSSR count). The van der Waals surface area contributed by atoms with Crippen LogP contribution < -0.4 is 14.3 Å². The van der Waals surface area contributed by atoms with Crippen molar-refractivity contribution in [1.29, 1.82) is 0 Å². The van der Waals surface area contributed by atoms with E-state index in [9.17, 15) is 25.3 Å². The molecule has 1 heterocycles. The third kappa shape index (κ3) is 6.91. The maximum atomic E-state index is 13.4. The first kappa shape index (κ1) is 31.5. The lowest BCUT2D eigenvalue weighted by Crippen LogP contribution is -2.48. The predicted molar refractivity (Wildman–Crippen MR) is 173 cm³/mol. The number of sulfonamides is 3. The lowest BCUT2D eigenvalue weighted by Gasteiger charge is -2.35. The van der Waals surface area contributed by atoms with Crippen LogP contribution in [0.15, 0.2) is 106 Å². The van der Waals surface area contributed by atoms with Gasteiger partial charge in [0.1, 0.15) is 0 Å². The van der Waals surface area contributed by atoms with Crippen LogP contribution in [0.2, 0.25) is 0 Å². The molecular formula is C31H34N4O6S3. The van der Waals surface area contributed by atoms with E-state index in [1.165, 1.54) is 34.6 Å². The molecule has 1 aliphatic rings. The summed E-state index contributed by atoms with van der Waals surface area (Å²) in [6.45, 7) is 6.73. The van der Waals surface area contributed by atoms with E-state index in [-0.39, 0.29) is 39.2 Å². The van der Waals surface area contributed by atoms with Crippen LogP contribution in [-0.2, 0) is 30.1 Å². The van der Waals surface area contributed by atoms with Crippen molar-refractivity contribution in [1.82, 2.24) is 4.31 Å². The molecule has 0 spiro atoms. The number of anilines is 3. The van der Waals surface area contributed by atoms with E-state index in [4.69, 9.17) is 0 Å². The number of hydrogen-bond acceptors (Lipinski definition) is 7. The molecule has 0 aromatic heterocycles. The van der Waals surface area contributed by atoms with E-state index in [1.54, 1.807) is 60.7 Å². The fraction of sp³-hybridized carbons (Fsp3) is 0.226. The maximum Gasteiger partial charge on any atom is 0.261 e. The molecule has 4 aromatic rings. The van der Waals surface area contributed by atoms with Gasteiger partial charge in [-0.2, -0.15) is 4.31 Å². The summed E-state index contributed by atoms with van der Waals surface area (Å²) in [5.74, 6) is 0. The Morgan fingerprint density at radius 2 is 0.909 bits per heavy atom. The highest BCUT2D eigenvalue weighted by atomic mass is 32.2. The summed E-state index contributed by atoms with van der Waals surface area (Å²) >= 11 is 0. The van der Waals surface area contributed by atoms with Crippen LogP contribution in [0.5, 0.6) is 0 Å². The molecule has 0 aliphatic carbocycles. The molecule has 4 aromatic carbocycles. The van der Waals surface area contributed by atoms with E-state index >= 15 is 0 Å². The Morgan fingerprint density at radius 3 is 1.36 bits per heavy atom. The zero-order valence-corrected chi connectivity index (χ0v) is 27.0. The molecule has 0 atom stereocenters. The highest BCUT2D eigenvalue weighted by molar-refractivity contribution is 7.93. The normalized spacial score (nSPS) is 14.8. The molecule has 10 nitrogen and oxygen atoms in total. The Labute approximate surface area is 259 Å². The fourth-order valence-corrected chi connectivity index (χ4v) is 8.36. The van der Waals surface area contributed by atoms with E-state index in [1.807, 2.05) is 25.7 Å². The van der Waals surface area contributed by atoms with Gasteiger partial charge in [0, 0.05) is 31.9 Å². The number of hydrogen-bond donors (Lipinski definition) is 2. The van der Waals surface area contributed by atoms with Crippen molar-refractivity contribution >= 4 is 47.1 Å². The van der Waals surface area contributed by atoms with E-state index < -0.39 is 30.1 Å². The van der Waals surface area contributed by atoms with Gasteiger partial charge in [-0.05, 0) is 75.4 Å². The lowest BCUT2D eigenvalue weighted by molar-refractivity contribution is 0.385. The summed E-state index contributed by atoms with van der Waals surface area (Å²) in [6, 6.07) is 24.1. The molecule has 0 amide bonds. The Hall–Kier alpha value is -3.91. The highest BCUT2D eigenvalue weighted by Gasteiger charge is 2.29. The van der Waals surface area contributed by atoms with Gasteiger partial charge in [0.05, 0.1) is 26.1 Å². The first-order valence-corrected chi connectivity index (χ1v) is 18.3. The summed E-state index contributed by atoms with van der Waals surface area (Å²) in [5.41, 5.74) is 3.44. The second-order valence-corrected chi connectivity index (χ2v) is 16.1. The summed E-state index contributed by atoms with van der Waals surface area (Å²) < 4.78 is 86.1. The molecular weight excluding hydrogens is 621 g/mol. The van der Waals surface area contributed by atoms with Gasteiger partial charge in [0.2, 0.25) is 10.0 Å². The quantitative estimate of drug-likeness (QED) is 0.267. The van der Waals surface area contributed by atoms with E-state index in [0.29, 0.717) is 18.8 Å². The van der Waals surface area contributed by atoms with Crippen molar-refractivity contribution in [3.8, 4) is 0 Å². The first-order valence-electron chi connectivity index (χ1n) is 13.9. The minimum Gasteiger partial charge on any atom is -0.369 e. The topological polar surface area (TPSA) is 133 Å². The van der Waals surface area contributed by atoms with E-state index in [2.05, 4.69) is 9.44 Å². The lowest BCUT2D eigenvalue weighted by atomic mass is 10.2. The van der Waals surface area contributed by atoms with Gasteiger partial charge in [0.25, 0.3) is 20.0 Å². The van der Waals surface area contributed by atoms with Crippen molar-refractivity contribution in [2.45, 2.75) is 35.5 Å². The number of aryl methyl sites for hydroxylation is 3. The van der Waals surface area contributed by atoms with Crippen molar-refractivity contribution in [3.05, 3.63) is 108 Å². The zero-order valence-electron chi connectivity index (χ0n) is 24.6. The summed E-state index contributed by atoms with van der Waals surface area (Å²) in [6.07, 6.45) is 0. The summed E-state index contributed by atoms with van der Waals surface area (Å²) in [4.78, 5) is 2.22. The van der Waals surface area contributed by atoms with Crippen LogP contribution in [0.1, 0.15) is 16.7 Å². The maximum absolute atomic E-state index is 13.4. The van der Waals surface area contributed by atoms with Gasteiger partial charge in [-0.1, -0.05) is 53.1 Å². The van der Waals surface area contributed by atoms with Crippen molar-refractivity contribution in [2.24, 2.45) is 0 Å². The Bertz CT molecular complexity index is 1970. The largest absolute Gasteiger partial charge is 0.369 e. The molecule has 1 saturated heterocycles. The van der Waals surface area contributed by atoms with Crippen LogP contribution in [0, 0.1) is 20.8 Å². The van der Waals surface area contributed by atoms with Crippen LogP contribution in [0.25, 0.3) is 0 Å². The number of nitrogens with zero attached hydrogens (tertiary/aromatic N) is 2. The van der Waals surface area contributed by atoms with Crippen molar-refractivity contribution in [3.63, 3.8) is 0 Å². The predicted octanol–water partition coefficient (Wildman–Crippen LogP) is 4.72. The fourth-order valence-electron chi connectivity index (χ4n) is 4.79. The molecule has 1 fully saturated rings. The Kier molecular flexibility index (Phi) is 8.76. The number of piperazine rings is 1. The zero-order chi connectivity index (χ0) is 31.7. The summed E-state index contributed by atoms with van der Waals surface area (Å²) in [5, 5.41) is 0. The molecule has 13 heteroatoms. The number of rotatable bonds is 9. The third-order valence-electron chi connectivity index (χ3n) is 7.42. The van der Waals surface area contributed by atoms with Crippen LogP contribution in [0.4, 0.5) is 17.1 Å². The van der Waals surface area contributed by atoms with Gasteiger partial charge >= 0.3 is 0 Å². The van der Waals surface area contributed by atoms with Crippen LogP contribution >= 0.6 is 0 Å². The molecule has 0 unspecified atom stereocenters. The average Bonchev–Trinajstić information content (AvgIpc) is 2.98. The Balaban J connectivity index is 1.43. The summed E-state index contributed by atoms with van der Waals surface area (Å²) in [7, 11) is -11.8. The Morgan fingerprint density at radius 1 is 0.500 bits per heavy atom. The van der Waals surface area contributed by atoms with Gasteiger partial charge in [-0.25, -0.2) is 25.3 Å². The second kappa shape index (κ2) is 12.2. The minimum atomic E-state index is -4.08. The van der Waals surface area contributed by atoms with Crippen molar-refractivity contribution < 1.29 is 25.3 Å². The molecule has 2 N–H and O–H groups in total. The molecule has 0 saturated carbocycles.